The summed E-state index contributed by atoms with van der Waals surface area (Å²) in [5, 5.41) is 13.6. The number of benzene rings is 1. The number of nitrogens with one attached hydrogen (secondary N) is 1. The second kappa shape index (κ2) is 8.48. The van der Waals surface area contributed by atoms with E-state index < -0.39 is 0 Å². The zero-order valence-corrected chi connectivity index (χ0v) is 18.9. The number of methoxy groups -OCH3 is 1. The quantitative estimate of drug-likeness (QED) is 0.598. The normalized spacial score (nSPS) is 16.7. The number of carbonyl (C=O) groups excluding carboxylic acids is 1. The summed E-state index contributed by atoms with van der Waals surface area (Å²) in [5.41, 5.74) is 4.30. The molecule has 2 N–H and O–H groups in total. The molecule has 0 bridgehead atoms. The molecule has 1 unspecified atom stereocenters. The van der Waals surface area contributed by atoms with Crippen LogP contribution in [0.15, 0.2) is 23.5 Å². The second-order valence-electron chi connectivity index (χ2n) is 8.18. The predicted octanol–water partition coefficient (Wildman–Crippen LogP) is 2.93. The molecule has 1 amide bonds. The van der Waals surface area contributed by atoms with E-state index >= 15 is 0 Å². The van der Waals surface area contributed by atoms with E-state index in [1.165, 1.54) is 10.4 Å². The third-order valence-corrected chi connectivity index (χ3v) is 7.37. The van der Waals surface area contributed by atoms with Crippen LogP contribution in [0.4, 0.5) is 11.5 Å². The molecule has 0 saturated carbocycles. The van der Waals surface area contributed by atoms with Crippen LogP contribution in [0, 0.1) is 5.92 Å². The Morgan fingerprint density at radius 3 is 3.06 bits per heavy atom. The molecule has 0 spiro atoms. The molecule has 9 heteroatoms. The Morgan fingerprint density at radius 2 is 2.25 bits per heavy atom. The molecule has 2 aliphatic rings. The molecule has 166 valence electrons. The fraction of sp³-hybridized carbons (Fsp3) is 0.391. The Bertz CT molecular complexity index is 1220. The lowest BCUT2D eigenvalue weighted by molar-refractivity contribution is -0.135. The van der Waals surface area contributed by atoms with Gasteiger partial charge in [0.1, 0.15) is 22.7 Å². The summed E-state index contributed by atoms with van der Waals surface area (Å²) in [7, 11) is 3.41. The second-order valence-corrected chi connectivity index (χ2v) is 9.26. The maximum Gasteiger partial charge on any atom is 0.225 e. The number of likely N-dealkylation sites (N-methyl/N-ethyl adjacent to an activating group) is 1. The van der Waals surface area contributed by atoms with Crippen LogP contribution < -0.4 is 10.1 Å². The largest absolute Gasteiger partial charge is 0.495 e. The number of aliphatic imine (C=N–C) groups is 1. The van der Waals surface area contributed by atoms with Gasteiger partial charge in [-0.05, 0) is 48.1 Å². The van der Waals surface area contributed by atoms with Crippen LogP contribution in [0.5, 0.6) is 5.75 Å². The number of aryl methyl sites for hydroxylation is 1. The highest BCUT2D eigenvalue weighted by Crippen LogP contribution is 2.42. The Kier molecular flexibility index (Phi) is 5.52. The highest BCUT2D eigenvalue weighted by atomic mass is 32.1. The number of ether oxygens (including phenoxy) is 1. The molecule has 1 aliphatic heterocycles. The number of rotatable bonds is 6. The molecular formula is C23H25N5O3S. The number of anilines is 2. The van der Waals surface area contributed by atoms with Crippen molar-refractivity contribution in [2.75, 3.05) is 32.6 Å². The minimum Gasteiger partial charge on any atom is -0.495 e. The summed E-state index contributed by atoms with van der Waals surface area (Å²) in [4.78, 5) is 29.9. The van der Waals surface area contributed by atoms with Crippen molar-refractivity contribution in [3.8, 4) is 5.75 Å². The van der Waals surface area contributed by atoms with Gasteiger partial charge >= 0.3 is 0 Å². The molecule has 1 aliphatic carbocycles. The van der Waals surface area contributed by atoms with Gasteiger partial charge in [0.25, 0.3) is 0 Å². The van der Waals surface area contributed by atoms with Crippen molar-refractivity contribution < 1.29 is 14.6 Å². The molecule has 32 heavy (non-hydrogen) atoms. The third kappa shape index (κ3) is 3.61. The van der Waals surface area contributed by atoms with Crippen LogP contribution in [0.1, 0.15) is 28.0 Å². The highest BCUT2D eigenvalue weighted by molar-refractivity contribution is 7.19. The molecule has 0 fully saturated rings. The summed E-state index contributed by atoms with van der Waals surface area (Å²) < 4.78 is 5.61. The van der Waals surface area contributed by atoms with Crippen LogP contribution >= 0.6 is 11.3 Å². The van der Waals surface area contributed by atoms with Crippen molar-refractivity contribution in [3.05, 3.63) is 40.0 Å². The predicted molar refractivity (Wildman–Crippen MR) is 125 cm³/mol. The third-order valence-electron chi connectivity index (χ3n) is 6.21. The van der Waals surface area contributed by atoms with Crippen molar-refractivity contribution in [2.24, 2.45) is 10.9 Å². The smallest absolute Gasteiger partial charge is 0.225 e. The summed E-state index contributed by atoms with van der Waals surface area (Å²) in [6.07, 6.45) is 5.73. The standard InChI is InChI=1S/C23H25N5O3S/c1-28(5-6-29)23(30)13-3-4-16-19(9-13)32-22-20(16)21(25-12-26-22)27-17-7-14-10-24-11-15(14)8-18(17)31-2/h7-8,10,12-13,29H,3-6,9,11H2,1-2H3,(H,25,26,27). The Balaban J connectivity index is 1.48. The van der Waals surface area contributed by atoms with E-state index in [2.05, 4.69) is 20.3 Å². The van der Waals surface area contributed by atoms with E-state index in [1.54, 1.807) is 36.7 Å². The molecule has 3 heterocycles. The van der Waals surface area contributed by atoms with Gasteiger partial charge < -0.3 is 20.1 Å². The van der Waals surface area contributed by atoms with Gasteiger partial charge in [-0.1, -0.05) is 0 Å². The summed E-state index contributed by atoms with van der Waals surface area (Å²) >= 11 is 1.64. The van der Waals surface area contributed by atoms with Gasteiger partial charge in [-0.3, -0.25) is 9.79 Å². The number of hydrogen-bond acceptors (Lipinski definition) is 8. The van der Waals surface area contributed by atoms with Gasteiger partial charge in [0.05, 0.1) is 31.3 Å². The maximum absolute atomic E-state index is 12.7. The van der Waals surface area contributed by atoms with Crippen molar-refractivity contribution in [2.45, 2.75) is 25.8 Å². The first-order chi connectivity index (χ1) is 15.6. The lowest BCUT2D eigenvalue weighted by atomic mass is 9.87. The van der Waals surface area contributed by atoms with Crippen LogP contribution in [0.25, 0.3) is 10.2 Å². The fourth-order valence-electron chi connectivity index (χ4n) is 4.52. The van der Waals surface area contributed by atoms with Crippen LogP contribution in [0.3, 0.4) is 0 Å². The number of thiophene rings is 1. The zero-order chi connectivity index (χ0) is 22.2. The monoisotopic (exact) mass is 451 g/mol. The first-order valence-electron chi connectivity index (χ1n) is 10.7. The van der Waals surface area contributed by atoms with E-state index in [1.807, 2.05) is 18.3 Å². The van der Waals surface area contributed by atoms with E-state index in [9.17, 15) is 4.79 Å². The Labute approximate surface area is 190 Å². The summed E-state index contributed by atoms with van der Waals surface area (Å²) in [6, 6.07) is 4.06. The Morgan fingerprint density at radius 1 is 1.38 bits per heavy atom. The topological polar surface area (TPSA) is 99.9 Å². The van der Waals surface area contributed by atoms with E-state index in [-0.39, 0.29) is 18.4 Å². The number of amides is 1. The van der Waals surface area contributed by atoms with Crippen LogP contribution in [-0.4, -0.2) is 59.4 Å². The number of fused-ring (bicyclic) bond motifs is 4. The van der Waals surface area contributed by atoms with Gasteiger partial charge in [-0.15, -0.1) is 11.3 Å². The van der Waals surface area contributed by atoms with Crippen molar-refractivity contribution in [1.82, 2.24) is 14.9 Å². The highest BCUT2D eigenvalue weighted by Gasteiger charge is 2.30. The van der Waals surface area contributed by atoms with Gasteiger partial charge in [0.2, 0.25) is 5.91 Å². The number of carbonyl (C=O) groups is 1. The van der Waals surface area contributed by atoms with E-state index in [0.29, 0.717) is 19.5 Å². The van der Waals surface area contributed by atoms with Gasteiger partial charge in [-0.2, -0.15) is 0 Å². The average molecular weight is 452 g/mol. The minimum atomic E-state index is -0.0624. The molecule has 3 aromatic rings. The van der Waals surface area contributed by atoms with Crippen molar-refractivity contribution >= 4 is 45.2 Å². The first kappa shape index (κ1) is 20.8. The molecule has 5 rings (SSSR count). The maximum atomic E-state index is 12.7. The molecular weight excluding hydrogens is 426 g/mol. The SMILES string of the molecule is COc1cc2c(cc1Nc1ncnc3sc4c(c13)CCC(C(=O)N(C)CCO)C4)C=NC2. The fourth-order valence-corrected chi connectivity index (χ4v) is 5.79. The Hall–Kier alpha value is -3.04. The van der Waals surface area contributed by atoms with Crippen molar-refractivity contribution in [1.29, 1.82) is 0 Å². The lowest BCUT2D eigenvalue weighted by Gasteiger charge is -2.26. The van der Waals surface area contributed by atoms with Gasteiger partial charge in [-0.25, -0.2) is 9.97 Å². The molecule has 1 atom stereocenters. The van der Waals surface area contributed by atoms with Crippen LogP contribution in [-0.2, 0) is 24.2 Å². The number of hydrogen-bond donors (Lipinski definition) is 2. The lowest BCUT2D eigenvalue weighted by Crippen LogP contribution is -2.37. The molecule has 8 nitrogen and oxygen atoms in total. The number of aromatic nitrogens is 2. The molecule has 2 aromatic heterocycles. The molecule has 1 aromatic carbocycles. The number of nitrogens with zero attached hydrogens (tertiary/aromatic N) is 4. The first-order valence-corrected chi connectivity index (χ1v) is 11.5. The number of aliphatic hydroxyl groups excluding tert-OH is 1. The van der Waals surface area contributed by atoms with E-state index in [4.69, 9.17) is 9.84 Å². The van der Waals surface area contributed by atoms with Crippen molar-refractivity contribution in [3.63, 3.8) is 0 Å². The van der Waals surface area contributed by atoms with Crippen LogP contribution in [0.2, 0.25) is 0 Å². The molecule has 0 radical (unpaired) electrons. The molecule has 0 saturated heterocycles. The summed E-state index contributed by atoms with van der Waals surface area (Å²) in [5.74, 6) is 1.54. The average Bonchev–Trinajstić information content (AvgIpc) is 3.41. The van der Waals surface area contributed by atoms with Gasteiger partial charge in [0, 0.05) is 30.6 Å². The van der Waals surface area contributed by atoms with Gasteiger partial charge in [0.15, 0.2) is 0 Å². The number of aliphatic hydroxyl groups is 1. The minimum absolute atomic E-state index is 0.0221. The van der Waals surface area contributed by atoms with E-state index in [0.717, 1.165) is 51.4 Å². The zero-order valence-electron chi connectivity index (χ0n) is 18.1. The summed E-state index contributed by atoms with van der Waals surface area (Å²) in [6.45, 7) is 1.02.